The SMILES string of the molecule is N#Cc1ccsc1NC(=O)CSc1ncc(-c2ccc(F)cc2)o1. The molecule has 1 amide bonds. The van der Waals surface area contributed by atoms with Crippen LogP contribution in [0.25, 0.3) is 11.3 Å². The monoisotopic (exact) mass is 359 g/mol. The molecule has 3 aromatic rings. The Kier molecular flexibility index (Phi) is 4.93. The highest BCUT2D eigenvalue weighted by Crippen LogP contribution is 2.26. The van der Waals surface area contributed by atoms with Crippen molar-refractivity contribution in [3.63, 3.8) is 0 Å². The molecule has 0 fully saturated rings. The second kappa shape index (κ2) is 7.29. The average Bonchev–Trinajstić information content (AvgIpc) is 3.22. The molecule has 2 heterocycles. The van der Waals surface area contributed by atoms with E-state index in [1.54, 1.807) is 23.6 Å². The fraction of sp³-hybridized carbons (Fsp3) is 0.0625. The Morgan fingerprint density at radius 2 is 2.17 bits per heavy atom. The Balaban J connectivity index is 1.58. The van der Waals surface area contributed by atoms with Crippen LogP contribution in [-0.2, 0) is 4.79 Å². The van der Waals surface area contributed by atoms with Gasteiger partial charge in [-0.1, -0.05) is 11.8 Å². The van der Waals surface area contributed by atoms with E-state index >= 15 is 0 Å². The summed E-state index contributed by atoms with van der Waals surface area (Å²) in [5.74, 6) is 0.0323. The van der Waals surface area contributed by atoms with Crippen LogP contribution in [0, 0.1) is 17.1 Å². The van der Waals surface area contributed by atoms with E-state index in [4.69, 9.17) is 9.68 Å². The first-order valence-corrected chi connectivity index (χ1v) is 8.64. The zero-order valence-electron chi connectivity index (χ0n) is 12.2. The van der Waals surface area contributed by atoms with Crippen molar-refractivity contribution in [1.82, 2.24) is 4.98 Å². The predicted octanol–water partition coefficient (Wildman–Crippen LogP) is 4.14. The number of nitrogens with one attached hydrogen (secondary N) is 1. The number of amides is 1. The molecule has 120 valence electrons. The van der Waals surface area contributed by atoms with E-state index < -0.39 is 0 Å². The lowest BCUT2D eigenvalue weighted by Gasteiger charge is -2.01. The quantitative estimate of drug-likeness (QED) is 0.693. The Labute approximate surface area is 145 Å². The van der Waals surface area contributed by atoms with Crippen molar-refractivity contribution in [1.29, 1.82) is 5.26 Å². The van der Waals surface area contributed by atoms with Crippen molar-refractivity contribution in [3.8, 4) is 17.4 Å². The van der Waals surface area contributed by atoms with E-state index in [1.165, 1.54) is 29.7 Å². The normalized spacial score (nSPS) is 10.3. The second-order valence-corrected chi connectivity index (χ2v) is 6.45. The lowest BCUT2D eigenvalue weighted by atomic mass is 10.2. The Bertz CT molecular complexity index is 897. The van der Waals surface area contributed by atoms with Crippen LogP contribution in [0.1, 0.15) is 5.56 Å². The summed E-state index contributed by atoms with van der Waals surface area (Å²) >= 11 is 2.43. The van der Waals surface area contributed by atoms with Gasteiger partial charge < -0.3 is 9.73 Å². The maximum atomic E-state index is 12.9. The molecule has 3 rings (SSSR count). The number of halogens is 1. The first-order valence-electron chi connectivity index (χ1n) is 6.77. The number of thiophene rings is 1. The van der Waals surface area contributed by atoms with Gasteiger partial charge in [0.1, 0.15) is 16.9 Å². The second-order valence-electron chi connectivity index (χ2n) is 4.61. The topological polar surface area (TPSA) is 78.9 Å². The van der Waals surface area contributed by atoms with Crippen LogP contribution >= 0.6 is 23.1 Å². The van der Waals surface area contributed by atoms with Gasteiger partial charge >= 0.3 is 0 Å². The number of oxazole rings is 1. The number of benzene rings is 1. The van der Waals surface area contributed by atoms with Crippen LogP contribution in [0.15, 0.2) is 51.5 Å². The van der Waals surface area contributed by atoms with Gasteiger partial charge in [0.15, 0.2) is 5.76 Å². The number of hydrogen-bond acceptors (Lipinski definition) is 6. The molecule has 0 aliphatic carbocycles. The third-order valence-corrected chi connectivity index (χ3v) is 4.65. The molecule has 1 N–H and O–H groups in total. The molecule has 8 heteroatoms. The summed E-state index contributed by atoms with van der Waals surface area (Å²) in [6, 6.07) is 9.53. The van der Waals surface area contributed by atoms with Gasteiger partial charge in [-0.05, 0) is 35.7 Å². The molecule has 0 spiro atoms. The molecule has 0 atom stereocenters. The van der Waals surface area contributed by atoms with Crippen molar-refractivity contribution in [2.45, 2.75) is 5.22 Å². The third-order valence-electron chi connectivity index (χ3n) is 2.98. The number of nitriles is 1. The van der Waals surface area contributed by atoms with Gasteiger partial charge in [-0.2, -0.15) is 5.26 Å². The average molecular weight is 359 g/mol. The summed E-state index contributed by atoms with van der Waals surface area (Å²) in [4.78, 5) is 16.0. The Hall–Kier alpha value is -2.63. The molecule has 0 saturated carbocycles. The van der Waals surface area contributed by atoms with E-state index in [1.807, 2.05) is 6.07 Å². The van der Waals surface area contributed by atoms with Crippen molar-refractivity contribution in [2.24, 2.45) is 0 Å². The number of carbonyl (C=O) groups is 1. The molecule has 0 radical (unpaired) electrons. The van der Waals surface area contributed by atoms with Gasteiger partial charge in [-0.25, -0.2) is 9.37 Å². The number of hydrogen-bond donors (Lipinski definition) is 1. The summed E-state index contributed by atoms with van der Waals surface area (Å²) in [6.45, 7) is 0. The first-order chi connectivity index (χ1) is 11.7. The van der Waals surface area contributed by atoms with Crippen LogP contribution in [0.3, 0.4) is 0 Å². The highest BCUT2D eigenvalue weighted by molar-refractivity contribution is 7.99. The summed E-state index contributed by atoms with van der Waals surface area (Å²) in [7, 11) is 0. The highest BCUT2D eigenvalue weighted by atomic mass is 32.2. The summed E-state index contributed by atoms with van der Waals surface area (Å²) in [6.07, 6.45) is 1.53. The fourth-order valence-corrected chi connectivity index (χ4v) is 3.21. The van der Waals surface area contributed by atoms with Gasteiger partial charge in [0.05, 0.1) is 17.5 Å². The Morgan fingerprint density at radius 1 is 1.38 bits per heavy atom. The largest absolute Gasteiger partial charge is 0.431 e. The minimum absolute atomic E-state index is 0.103. The number of carbonyl (C=O) groups excluding carboxylic acids is 1. The highest BCUT2D eigenvalue weighted by Gasteiger charge is 2.12. The lowest BCUT2D eigenvalue weighted by molar-refractivity contribution is -0.113. The molecule has 0 saturated heterocycles. The minimum Gasteiger partial charge on any atom is -0.431 e. The number of aromatic nitrogens is 1. The van der Waals surface area contributed by atoms with Crippen molar-refractivity contribution in [3.05, 3.63) is 53.3 Å². The van der Waals surface area contributed by atoms with Crippen LogP contribution in [0.5, 0.6) is 0 Å². The molecule has 0 aliphatic heterocycles. The summed E-state index contributed by atoms with van der Waals surface area (Å²) < 4.78 is 18.5. The van der Waals surface area contributed by atoms with Crippen LogP contribution in [0.4, 0.5) is 9.39 Å². The molecule has 1 aromatic carbocycles. The fourth-order valence-electron chi connectivity index (χ4n) is 1.86. The van der Waals surface area contributed by atoms with E-state index in [2.05, 4.69) is 10.3 Å². The standard InChI is InChI=1S/C16H10FN3O2S2/c17-12-3-1-10(2-4-12)13-8-19-16(22-13)24-9-14(21)20-15-11(7-18)5-6-23-15/h1-6,8H,9H2,(H,20,21). The molecule has 0 bridgehead atoms. The lowest BCUT2D eigenvalue weighted by Crippen LogP contribution is -2.13. The zero-order valence-corrected chi connectivity index (χ0v) is 13.8. The van der Waals surface area contributed by atoms with Gasteiger partial charge in [0.2, 0.25) is 5.91 Å². The number of nitrogens with zero attached hydrogens (tertiary/aromatic N) is 2. The molecule has 2 aromatic heterocycles. The molecule has 24 heavy (non-hydrogen) atoms. The van der Waals surface area contributed by atoms with Gasteiger partial charge in [0, 0.05) is 5.56 Å². The van der Waals surface area contributed by atoms with Crippen LogP contribution in [0.2, 0.25) is 0 Å². The predicted molar refractivity (Wildman–Crippen MR) is 90.3 cm³/mol. The first kappa shape index (κ1) is 16.2. The van der Waals surface area contributed by atoms with Crippen LogP contribution in [-0.4, -0.2) is 16.6 Å². The van der Waals surface area contributed by atoms with E-state index in [9.17, 15) is 9.18 Å². The van der Waals surface area contributed by atoms with Gasteiger partial charge in [0.25, 0.3) is 5.22 Å². The van der Waals surface area contributed by atoms with Crippen LogP contribution < -0.4 is 5.32 Å². The summed E-state index contributed by atoms with van der Waals surface area (Å²) in [5.41, 5.74) is 1.14. The van der Waals surface area contributed by atoms with Gasteiger partial charge in [-0.15, -0.1) is 11.3 Å². The Morgan fingerprint density at radius 3 is 2.92 bits per heavy atom. The molecular weight excluding hydrogens is 349 g/mol. The zero-order chi connectivity index (χ0) is 16.9. The molecule has 0 unspecified atom stereocenters. The maximum absolute atomic E-state index is 12.9. The number of rotatable bonds is 5. The number of thioether (sulfide) groups is 1. The molecule has 5 nitrogen and oxygen atoms in total. The summed E-state index contributed by atoms with van der Waals surface area (Å²) in [5, 5.41) is 14.2. The van der Waals surface area contributed by atoms with E-state index in [-0.39, 0.29) is 17.5 Å². The van der Waals surface area contributed by atoms with Gasteiger partial charge in [-0.3, -0.25) is 4.79 Å². The molecule has 0 aliphatic rings. The van der Waals surface area contributed by atoms with Crippen molar-refractivity contribution in [2.75, 3.05) is 11.1 Å². The van der Waals surface area contributed by atoms with E-state index in [0.29, 0.717) is 27.1 Å². The number of anilines is 1. The maximum Gasteiger partial charge on any atom is 0.256 e. The van der Waals surface area contributed by atoms with Crippen molar-refractivity contribution < 1.29 is 13.6 Å². The molecular formula is C16H10FN3O2S2. The smallest absolute Gasteiger partial charge is 0.256 e. The van der Waals surface area contributed by atoms with E-state index in [0.717, 1.165) is 11.8 Å². The minimum atomic E-state index is -0.324. The third kappa shape index (κ3) is 3.82. The van der Waals surface area contributed by atoms with Crippen molar-refractivity contribution >= 4 is 34.0 Å².